The summed E-state index contributed by atoms with van der Waals surface area (Å²) in [6, 6.07) is 14.4. The second kappa shape index (κ2) is 7.61. The van der Waals surface area contributed by atoms with Crippen LogP contribution in [0.15, 0.2) is 52.9 Å². The highest BCUT2D eigenvalue weighted by molar-refractivity contribution is 5.97. The zero-order valence-corrected chi connectivity index (χ0v) is 14.1. The maximum atomic E-state index is 12.2. The van der Waals surface area contributed by atoms with Crippen molar-refractivity contribution in [3.05, 3.63) is 54.3 Å². The van der Waals surface area contributed by atoms with Crippen LogP contribution >= 0.6 is 0 Å². The summed E-state index contributed by atoms with van der Waals surface area (Å²) in [5.74, 6) is 2.02. The lowest BCUT2D eigenvalue weighted by Gasteiger charge is -2.07. The van der Waals surface area contributed by atoms with Crippen molar-refractivity contribution in [2.75, 3.05) is 27.4 Å². The third-order valence-corrected chi connectivity index (χ3v) is 3.67. The van der Waals surface area contributed by atoms with E-state index in [2.05, 4.69) is 5.32 Å². The van der Waals surface area contributed by atoms with E-state index < -0.39 is 0 Å². The number of hydrogen-bond donors (Lipinski definition) is 1. The molecule has 0 saturated heterocycles. The fraction of sp³-hybridized carbons (Fsp3) is 0.211. The van der Waals surface area contributed by atoms with Crippen LogP contribution in [0.3, 0.4) is 0 Å². The largest absolute Gasteiger partial charge is 0.497 e. The maximum absolute atomic E-state index is 12.2. The summed E-state index contributed by atoms with van der Waals surface area (Å²) < 4.78 is 21.5. The number of furan rings is 1. The van der Waals surface area contributed by atoms with Crippen LogP contribution in [0.5, 0.6) is 17.2 Å². The molecule has 0 aliphatic carbocycles. The third-order valence-electron chi connectivity index (χ3n) is 3.67. The molecular formula is C19H19NO5. The molecule has 6 heteroatoms. The molecule has 0 aliphatic rings. The average molecular weight is 341 g/mol. The lowest BCUT2D eigenvalue weighted by Crippen LogP contribution is -2.27. The molecule has 25 heavy (non-hydrogen) atoms. The first kappa shape index (κ1) is 16.7. The first-order valence-corrected chi connectivity index (χ1v) is 7.83. The monoisotopic (exact) mass is 341 g/mol. The van der Waals surface area contributed by atoms with Gasteiger partial charge in [0.25, 0.3) is 5.91 Å². The molecule has 1 aromatic heterocycles. The minimum atomic E-state index is -0.295. The molecule has 130 valence electrons. The molecule has 2 aromatic carbocycles. The fourth-order valence-corrected chi connectivity index (χ4v) is 2.40. The van der Waals surface area contributed by atoms with E-state index in [1.54, 1.807) is 26.4 Å². The Bertz CT molecular complexity index is 854. The fourth-order valence-electron chi connectivity index (χ4n) is 2.40. The molecular weight excluding hydrogens is 322 g/mol. The second-order valence-corrected chi connectivity index (χ2v) is 5.27. The smallest absolute Gasteiger partial charge is 0.287 e. The second-order valence-electron chi connectivity index (χ2n) is 5.27. The molecule has 0 saturated carbocycles. The highest BCUT2D eigenvalue weighted by Crippen LogP contribution is 2.28. The quantitative estimate of drug-likeness (QED) is 0.668. The molecule has 1 N–H and O–H groups in total. The number of carbonyl (C=O) groups is 1. The molecule has 0 fully saturated rings. The molecule has 0 spiro atoms. The lowest BCUT2D eigenvalue weighted by molar-refractivity contribution is 0.0921. The van der Waals surface area contributed by atoms with E-state index in [1.165, 1.54) is 0 Å². The van der Waals surface area contributed by atoms with Gasteiger partial charge in [0.1, 0.15) is 18.1 Å². The summed E-state index contributed by atoms with van der Waals surface area (Å²) in [6.07, 6.45) is 0. The van der Waals surface area contributed by atoms with Crippen molar-refractivity contribution in [3.8, 4) is 17.2 Å². The Labute approximate surface area is 145 Å². The van der Waals surface area contributed by atoms with Gasteiger partial charge in [-0.1, -0.05) is 12.1 Å². The summed E-state index contributed by atoms with van der Waals surface area (Å²) in [6.45, 7) is 0.709. The number of rotatable bonds is 7. The number of fused-ring (bicyclic) bond motifs is 1. The number of methoxy groups -OCH3 is 2. The van der Waals surface area contributed by atoms with Gasteiger partial charge in [-0.05, 0) is 36.4 Å². The summed E-state index contributed by atoms with van der Waals surface area (Å²) in [5, 5.41) is 3.59. The maximum Gasteiger partial charge on any atom is 0.287 e. The third kappa shape index (κ3) is 3.85. The van der Waals surface area contributed by atoms with Crippen LogP contribution in [0.25, 0.3) is 11.0 Å². The zero-order valence-electron chi connectivity index (χ0n) is 14.1. The number of amides is 1. The van der Waals surface area contributed by atoms with Gasteiger partial charge in [0.2, 0.25) is 0 Å². The van der Waals surface area contributed by atoms with Gasteiger partial charge in [-0.3, -0.25) is 4.79 Å². The Hall–Kier alpha value is -3.15. The summed E-state index contributed by atoms with van der Waals surface area (Å²) in [5.41, 5.74) is 0.560. The van der Waals surface area contributed by atoms with Gasteiger partial charge in [0.15, 0.2) is 17.1 Å². The van der Waals surface area contributed by atoms with E-state index in [4.69, 9.17) is 18.6 Å². The topological polar surface area (TPSA) is 69.9 Å². The number of nitrogens with one attached hydrogen (secondary N) is 1. The first-order valence-electron chi connectivity index (χ1n) is 7.83. The molecule has 6 nitrogen and oxygen atoms in total. The molecule has 1 amide bonds. The number of hydrogen-bond acceptors (Lipinski definition) is 5. The molecule has 1 heterocycles. The Kier molecular flexibility index (Phi) is 5.09. The van der Waals surface area contributed by atoms with Gasteiger partial charge < -0.3 is 23.9 Å². The number of carbonyl (C=O) groups excluding carboxylic acids is 1. The predicted octanol–water partition coefficient (Wildman–Crippen LogP) is 3.26. The SMILES string of the molecule is COc1ccc(OCCNC(=O)c2cc3cccc(OC)c3o2)cc1. The molecule has 0 unspecified atom stereocenters. The predicted molar refractivity (Wildman–Crippen MR) is 93.6 cm³/mol. The Balaban J connectivity index is 1.54. The van der Waals surface area contributed by atoms with Gasteiger partial charge in [0, 0.05) is 5.39 Å². The summed E-state index contributed by atoms with van der Waals surface area (Å²) in [7, 11) is 3.17. The van der Waals surface area contributed by atoms with E-state index in [-0.39, 0.29) is 11.7 Å². The van der Waals surface area contributed by atoms with Crippen LogP contribution in [0, 0.1) is 0 Å². The van der Waals surface area contributed by atoms with Crippen LogP contribution in [0.1, 0.15) is 10.6 Å². The van der Waals surface area contributed by atoms with Crippen molar-refractivity contribution in [3.63, 3.8) is 0 Å². The van der Waals surface area contributed by atoms with Crippen molar-refractivity contribution in [2.24, 2.45) is 0 Å². The Morgan fingerprint density at radius 3 is 2.52 bits per heavy atom. The van der Waals surface area contributed by atoms with Crippen LogP contribution < -0.4 is 19.5 Å². The van der Waals surface area contributed by atoms with Gasteiger partial charge >= 0.3 is 0 Å². The zero-order chi connectivity index (χ0) is 17.6. The standard InChI is InChI=1S/C19H19NO5/c1-22-14-6-8-15(9-7-14)24-11-10-20-19(21)17-12-13-4-3-5-16(23-2)18(13)25-17/h3-9,12H,10-11H2,1-2H3,(H,20,21). The number of para-hydroxylation sites is 1. The Morgan fingerprint density at radius 1 is 1.04 bits per heavy atom. The number of benzene rings is 2. The van der Waals surface area contributed by atoms with Gasteiger partial charge in [-0.25, -0.2) is 0 Å². The van der Waals surface area contributed by atoms with Crippen LogP contribution in [0.4, 0.5) is 0 Å². The Morgan fingerprint density at radius 2 is 1.80 bits per heavy atom. The van der Waals surface area contributed by atoms with Crippen LogP contribution in [0.2, 0.25) is 0 Å². The van der Waals surface area contributed by atoms with Crippen molar-refractivity contribution in [1.82, 2.24) is 5.32 Å². The molecule has 0 radical (unpaired) electrons. The molecule has 3 aromatic rings. The van der Waals surface area contributed by atoms with Crippen molar-refractivity contribution >= 4 is 16.9 Å². The highest BCUT2D eigenvalue weighted by atomic mass is 16.5. The minimum absolute atomic E-state index is 0.240. The normalized spacial score (nSPS) is 10.5. The first-order chi connectivity index (χ1) is 12.2. The van der Waals surface area contributed by atoms with E-state index >= 15 is 0 Å². The van der Waals surface area contributed by atoms with E-state index in [1.807, 2.05) is 36.4 Å². The van der Waals surface area contributed by atoms with Gasteiger partial charge in [0.05, 0.1) is 20.8 Å². The van der Waals surface area contributed by atoms with Crippen LogP contribution in [-0.4, -0.2) is 33.3 Å². The number of ether oxygens (including phenoxy) is 3. The van der Waals surface area contributed by atoms with Crippen LogP contribution in [-0.2, 0) is 0 Å². The van der Waals surface area contributed by atoms with Crippen molar-refractivity contribution < 1.29 is 23.4 Å². The average Bonchev–Trinajstić information content (AvgIpc) is 3.10. The highest BCUT2D eigenvalue weighted by Gasteiger charge is 2.14. The van der Waals surface area contributed by atoms with Gasteiger partial charge in [-0.2, -0.15) is 0 Å². The molecule has 0 atom stereocenters. The van der Waals surface area contributed by atoms with E-state index in [0.717, 1.165) is 11.1 Å². The van der Waals surface area contributed by atoms with Crippen molar-refractivity contribution in [2.45, 2.75) is 0 Å². The minimum Gasteiger partial charge on any atom is -0.497 e. The molecule has 0 bridgehead atoms. The molecule has 3 rings (SSSR count). The van der Waals surface area contributed by atoms with Gasteiger partial charge in [-0.15, -0.1) is 0 Å². The summed E-state index contributed by atoms with van der Waals surface area (Å²) in [4.78, 5) is 12.2. The van der Waals surface area contributed by atoms with E-state index in [9.17, 15) is 4.79 Å². The lowest BCUT2D eigenvalue weighted by atomic mass is 10.2. The molecule has 0 aliphatic heterocycles. The van der Waals surface area contributed by atoms with E-state index in [0.29, 0.717) is 30.2 Å². The van der Waals surface area contributed by atoms with Crippen molar-refractivity contribution in [1.29, 1.82) is 0 Å². The summed E-state index contributed by atoms with van der Waals surface area (Å²) >= 11 is 0.